The first kappa shape index (κ1) is 13.1. The first-order valence-electron chi connectivity index (χ1n) is 7.87. The van der Waals surface area contributed by atoms with Gasteiger partial charge in [-0.2, -0.15) is 0 Å². The summed E-state index contributed by atoms with van der Waals surface area (Å²) in [6, 6.07) is 13.3. The average molecular weight is 258 g/mol. The maximum atomic E-state index is 3.70. The third-order valence-corrected chi connectivity index (χ3v) is 4.92. The minimum atomic E-state index is 0.694. The summed E-state index contributed by atoms with van der Waals surface area (Å²) in [5.41, 5.74) is 1.54. The van der Waals surface area contributed by atoms with Crippen LogP contribution in [0.1, 0.15) is 44.6 Å². The topological polar surface area (TPSA) is 15.3 Å². The van der Waals surface area contributed by atoms with Crippen LogP contribution < -0.4 is 5.32 Å². The lowest BCUT2D eigenvalue weighted by Gasteiger charge is -2.40. The van der Waals surface area contributed by atoms with Gasteiger partial charge in [-0.1, -0.05) is 44.2 Å². The van der Waals surface area contributed by atoms with E-state index in [1.165, 1.54) is 37.9 Å². The van der Waals surface area contributed by atoms with E-state index in [9.17, 15) is 0 Å². The van der Waals surface area contributed by atoms with Crippen LogP contribution in [0, 0.1) is 0 Å². The lowest BCUT2D eigenvalue weighted by molar-refractivity contribution is 0.114. The Morgan fingerprint density at radius 1 is 1.16 bits per heavy atom. The minimum absolute atomic E-state index is 0.694. The zero-order valence-electron chi connectivity index (χ0n) is 12.2. The molecule has 2 fully saturated rings. The van der Waals surface area contributed by atoms with Gasteiger partial charge in [-0.05, 0) is 24.8 Å². The van der Waals surface area contributed by atoms with Gasteiger partial charge in [0.05, 0.1) is 0 Å². The van der Waals surface area contributed by atoms with Crippen LogP contribution in [-0.2, 0) is 0 Å². The van der Waals surface area contributed by atoms with Crippen molar-refractivity contribution in [1.29, 1.82) is 0 Å². The Bertz CT molecular complexity index is 403. The molecule has 4 unspecified atom stereocenters. The van der Waals surface area contributed by atoms with Gasteiger partial charge in [0.25, 0.3) is 0 Å². The molecular weight excluding hydrogens is 232 g/mol. The first-order chi connectivity index (χ1) is 9.33. The summed E-state index contributed by atoms with van der Waals surface area (Å²) in [5, 5.41) is 3.70. The van der Waals surface area contributed by atoms with Crippen LogP contribution in [-0.4, -0.2) is 36.1 Å². The van der Waals surface area contributed by atoms with Gasteiger partial charge in [-0.25, -0.2) is 0 Å². The molecule has 104 valence electrons. The number of hydrogen-bond acceptors (Lipinski definition) is 2. The van der Waals surface area contributed by atoms with Crippen LogP contribution >= 0.6 is 0 Å². The lowest BCUT2D eigenvalue weighted by Crippen LogP contribution is -2.56. The van der Waals surface area contributed by atoms with Crippen LogP contribution in [0.3, 0.4) is 0 Å². The molecule has 1 N–H and O–H groups in total. The van der Waals surface area contributed by atoms with Crippen molar-refractivity contribution < 1.29 is 0 Å². The van der Waals surface area contributed by atoms with E-state index in [1.807, 2.05) is 0 Å². The molecule has 2 heteroatoms. The highest BCUT2D eigenvalue weighted by molar-refractivity contribution is 5.28. The molecule has 0 bridgehead atoms. The maximum Gasteiger partial charge on any atom is 0.0221 e. The molecule has 0 radical (unpaired) electrons. The summed E-state index contributed by atoms with van der Waals surface area (Å²) in [6.07, 6.45) is 3.87. The Balaban J connectivity index is 1.68. The zero-order chi connectivity index (χ0) is 13.2. The molecule has 1 aromatic carbocycles. The standard InChI is InChI=1S/C17H26N2/c1-3-14-12-19(15(4-2)11-18-14)17-10-16(17)13-8-6-5-7-9-13/h5-9,14-18H,3-4,10-12H2,1-2H3. The third-order valence-electron chi connectivity index (χ3n) is 4.92. The van der Waals surface area contributed by atoms with Gasteiger partial charge in [-0.3, -0.25) is 4.90 Å². The van der Waals surface area contributed by atoms with Crippen molar-refractivity contribution >= 4 is 0 Å². The second kappa shape index (κ2) is 5.64. The Morgan fingerprint density at radius 3 is 2.63 bits per heavy atom. The Labute approximate surface area is 117 Å². The van der Waals surface area contributed by atoms with E-state index in [0.29, 0.717) is 6.04 Å². The highest BCUT2D eigenvalue weighted by Crippen LogP contribution is 2.46. The van der Waals surface area contributed by atoms with Crippen LogP contribution in [0.5, 0.6) is 0 Å². The van der Waals surface area contributed by atoms with Crippen molar-refractivity contribution in [2.75, 3.05) is 13.1 Å². The number of benzene rings is 1. The van der Waals surface area contributed by atoms with Crippen molar-refractivity contribution in [3.05, 3.63) is 35.9 Å². The molecule has 0 amide bonds. The number of hydrogen-bond donors (Lipinski definition) is 1. The van der Waals surface area contributed by atoms with Gasteiger partial charge in [-0.15, -0.1) is 0 Å². The smallest absolute Gasteiger partial charge is 0.0221 e. The molecular formula is C17H26N2. The predicted molar refractivity (Wildman–Crippen MR) is 80.5 cm³/mol. The van der Waals surface area contributed by atoms with Crippen LogP contribution in [0.2, 0.25) is 0 Å². The molecule has 2 nitrogen and oxygen atoms in total. The van der Waals surface area contributed by atoms with E-state index in [4.69, 9.17) is 0 Å². The number of piperazine rings is 1. The molecule has 0 spiro atoms. The van der Waals surface area contributed by atoms with Gasteiger partial charge in [0.2, 0.25) is 0 Å². The third kappa shape index (κ3) is 2.70. The fourth-order valence-corrected chi connectivity index (χ4v) is 3.55. The van der Waals surface area contributed by atoms with E-state index in [1.54, 1.807) is 0 Å². The van der Waals surface area contributed by atoms with Crippen molar-refractivity contribution in [2.45, 2.75) is 57.2 Å². The second-order valence-electron chi connectivity index (χ2n) is 6.09. The molecule has 19 heavy (non-hydrogen) atoms. The molecule has 1 aliphatic carbocycles. The second-order valence-corrected chi connectivity index (χ2v) is 6.09. The molecule has 0 aromatic heterocycles. The maximum absolute atomic E-state index is 3.70. The Morgan fingerprint density at radius 2 is 1.95 bits per heavy atom. The van der Waals surface area contributed by atoms with Gasteiger partial charge in [0.15, 0.2) is 0 Å². The normalized spacial score (nSPS) is 35.3. The summed E-state index contributed by atoms with van der Waals surface area (Å²) in [7, 11) is 0. The highest BCUT2D eigenvalue weighted by Gasteiger charge is 2.46. The number of nitrogens with one attached hydrogen (secondary N) is 1. The van der Waals surface area contributed by atoms with Crippen LogP contribution in [0.25, 0.3) is 0 Å². The number of nitrogens with zero attached hydrogens (tertiary/aromatic N) is 1. The highest BCUT2D eigenvalue weighted by atomic mass is 15.3. The van der Waals surface area contributed by atoms with E-state index in [-0.39, 0.29) is 0 Å². The fraction of sp³-hybridized carbons (Fsp3) is 0.647. The van der Waals surface area contributed by atoms with E-state index < -0.39 is 0 Å². The molecule has 2 aliphatic rings. The molecule has 1 saturated heterocycles. The van der Waals surface area contributed by atoms with Gasteiger partial charge in [0, 0.05) is 37.1 Å². The number of rotatable bonds is 4. The van der Waals surface area contributed by atoms with Gasteiger partial charge in [0.1, 0.15) is 0 Å². The van der Waals surface area contributed by atoms with Crippen LogP contribution in [0.15, 0.2) is 30.3 Å². The average Bonchev–Trinajstić information content (AvgIpc) is 3.28. The van der Waals surface area contributed by atoms with Crippen molar-refractivity contribution in [1.82, 2.24) is 10.2 Å². The molecule has 1 aromatic rings. The molecule has 1 aliphatic heterocycles. The Kier molecular flexibility index (Phi) is 3.90. The van der Waals surface area contributed by atoms with Crippen molar-refractivity contribution in [3.8, 4) is 0 Å². The van der Waals surface area contributed by atoms with E-state index >= 15 is 0 Å². The monoisotopic (exact) mass is 258 g/mol. The zero-order valence-corrected chi connectivity index (χ0v) is 12.2. The lowest BCUT2D eigenvalue weighted by atomic mass is 10.0. The van der Waals surface area contributed by atoms with Crippen molar-refractivity contribution in [3.63, 3.8) is 0 Å². The summed E-state index contributed by atoms with van der Waals surface area (Å²) < 4.78 is 0. The molecule has 3 rings (SSSR count). The Hall–Kier alpha value is -0.860. The van der Waals surface area contributed by atoms with Crippen LogP contribution in [0.4, 0.5) is 0 Å². The van der Waals surface area contributed by atoms with E-state index in [0.717, 1.165) is 18.0 Å². The first-order valence-corrected chi connectivity index (χ1v) is 7.87. The largest absolute Gasteiger partial charge is 0.311 e. The minimum Gasteiger partial charge on any atom is -0.311 e. The van der Waals surface area contributed by atoms with E-state index in [2.05, 4.69) is 54.4 Å². The van der Waals surface area contributed by atoms with Crippen molar-refractivity contribution in [2.24, 2.45) is 0 Å². The summed E-state index contributed by atoms with van der Waals surface area (Å²) in [4.78, 5) is 2.79. The molecule has 1 saturated carbocycles. The molecule has 1 heterocycles. The SMILES string of the molecule is CCC1CN(C2CC2c2ccccc2)C(CC)CN1. The van der Waals surface area contributed by atoms with Gasteiger partial charge < -0.3 is 5.32 Å². The molecule has 4 atom stereocenters. The summed E-state index contributed by atoms with van der Waals surface area (Å²) in [5.74, 6) is 0.783. The quantitative estimate of drug-likeness (QED) is 0.893. The summed E-state index contributed by atoms with van der Waals surface area (Å²) in [6.45, 7) is 7.03. The fourth-order valence-electron chi connectivity index (χ4n) is 3.55. The summed E-state index contributed by atoms with van der Waals surface area (Å²) >= 11 is 0. The van der Waals surface area contributed by atoms with Gasteiger partial charge >= 0.3 is 0 Å². The predicted octanol–water partition coefficient (Wildman–Crippen LogP) is 3.00.